The zero-order valence-electron chi connectivity index (χ0n) is 16.6. The Morgan fingerprint density at radius 1 is 1.30 bits per heavy atom. The van der Waals surface area contributed by atoms with E-state index in [9.17, 15) is 4.79 Å². The van der Waals surface area contributed by atoms with E-state index in [1.807, 2.05) is 25.5 Å². The maximum atomic E-state index is 11.7. The summed E-state index contributed by atoms with van der Waals surface area (Å²) in [5.74, 6) is 1.75. The molecular weight excluding hydrogens is 364 g/mol. The van der Waals surface area contributed by atoms with Crippen molar-refractivity contribution in [2.45, 2.75) is 45.8 Å². The average molecular weight is 395 g/mol. The largest absolute Gasteiger partial charge is 0.380 e. The SMILES string of the molecule is CCCSc1nc(NCCOCC)c2cnn(CCNC(=O)C(C)C)c2n1. The predicted molar refractivity (Wildman–Crippen MR) is 109 cm³/mol. The number of hydrogen-bond donors (Lipinski definition) is 2. The zero-order chi connectivity index (χ0) is 19.6. The average Bonchev–Trinajstić information content (AvgIpc) is 3.06. The molecule has 0 unspecified atom stereocenters. The van der Waals surface area contributed by atoms with Gasteiger partial charge in [0, 0.05) is 31.4 Å². The number of anilines is 1. The van der Waals surface area contributed by atoms with Gasteiger partial charge in [0.25, 0.3) is 0 Å². The maximum Gasteiger partial charge on any atom is 0.222 e. The van der Waals surface area contributed by atoms with Crippen molar-refractivity contribution in [3.05, 3.63) is 6.20 Å². The molecule has 2 aromatic rings. The van der Waals surface area contributed by atoms with Crippen molar-refractivity contribution in [2.24, 2.45) is 5.92 Å². The summed E-state index contributed by atoms with van der Waals surface area (Å²) in [5.41, 5.74) is 0.779. The molecule has 2 rings (SSSR count). The van der Waals surface area contributed by atoms with Crippen LogP contribution in [0, 0.1) is 5.92 Å². The molecule has 0 saturated heterocycles. The number of nitrogens with one attached hydrogen (secondary N) is 2. The van der Waals surface area contributed by atoms with Crippen LogP contribution in [0.4, 0.5) is 5.82 Å². The second kappa shape index (κ2) is 11.1. The third-order valence-corrected chi connectivity index (χ3v) is 4.85. The Bertz CT molecular complexity index is 734. The van der Waals surface area contributed by atoms with Crippen LogP contribution in [-0.2, 0) is 16.1 Å². The first-order valence-electron chi connectivity index (χ1n) is 9.52. The molecule has 9 heteroatoms. The van der Waals surface area contributed by atoms with E-state index in [-0.39, 0.29) is 11.8 Å². The molecular formula is C18H30N6O2S. The van der Waals surface area contributed by atoms with Gasteiger partial charge in [0.2, 0.25) is 5.91 Å². The third kappa shape index (κ3) is 6.35. The minimum Gasteiger partial charge on any atom is -0.380 e. The summed E-state index contributed by atoms with van der Waals surface area (Å²) in [4.78, 5) is 21.1. The Labute approximate surface area is 164 Å². The maximum absolute atomic E-state index is 11.7. The van der Waals surface area contributed by atoms with Crippen molar-refractivity contribution >= 4 is 34.5 Å². The lowest BCUT2D eigenvalue weighted by atomic mass is 10.2. The van der Waals surface area contributed by atoms with E-state index in [2.05, 4.69) is 32.6 Å². The molecule has 27 heavy (non-hydrogen) atoms. The number of carbonyl (C=O) groups excluding carboxylic acids is 1. The molecule has 2 aromatic heterocycles. The summed E-state index contributed by atoms with van der Waals surface area (Å²) in [6, 6.07) is 0. The van der Waals surface area contributed by atoms with Gasteiger partial charge in [-0.1, -0.05) is 32.5 Å². The fourth-order valence-electron chi connectivity index (χ4n) is 2.37. The Kier molecular flexibility index (Phi) is 8.80. The van der Waals surface area contributed by atoms with Gasteiger partial charge in [-0.3, -0.25) is 4.79 Å². The Morgan fingerprint density at radius 2 is 2.11 bits per heavy atom. The monoisotopic (exact) mass is 394 g/mol. The number of thioether (sulfide) groups is 1. The fourth-order valence-corrected chi connectivity index (χ4v) is 3.06. The van der Waals surface area contributed by atoms with Crippen molar-refractivity contribution < 1.29 is 9.53 Å². The molecule has 150 valence electrons. The van der Waals surface area contributed by atoms with Gasteiger partial charge in [0.1, 0.15) is 5.82 Å². The second-order valence-electron chi connectivity index (χ2n) is 6.38. The van der Waals surface area contributed by atoms with Crippen molar-refractivity contribution in [3.63, 3.8) is 0 Å². The predicted octanol–water partition coefficient (Wildman–Crippen LogP) is 2.55. The van der Waals surface area contributed by atoms with Crippen LogP contribution >= 0.6 is 11.8 Å². The molecule has 1 amide bonds. The van der Waals surface area contributed by atoms with Crippen LogP contribution in [0.25, 0.3) is 11.0 Å². The molecule has 2 heterocycles. The van der Waals surface area contributed by atoms with Gasteiger partial charge in [0.15, 0.2) is 10.8 Å². The number of rotatable bonds is 12. The van der Waals surface area contributed by atoms with Crippen LogP contribution < -0.4 is 10.6 Å². The van der Waals surface area contributed by atoms with E-state index in [1.54, 1.807) is 18.0 Å². The normalized spacial score (nSPS) is 11.3. The highest BCUT2D eigenvalue weighted by Crippen LogP contribution is 2.24. The number of aromatic nitrogens is 4. The van der Waals surface area contributed by atoms with Crippen LogP contribution in [-0.4, -0.2) is 57.7 Å². The minimum absolute atomic E-state index is 0.0279. The van der Waals surface area contributed by atoms with Crippen LogP contribution in [0.5, 0.6) is 0 Å². The van der Waals surface area contributed by atoms with Crippen molar-refractivity contribution in [3.8, 4) is 0 Å². The van der Waals surface area contributed by atoms with Crippen LogP contribution in [0.3, 0.4) is 0 Å². The standard InChI is InChI=1S/C18H30N6O2S/c1-5-11-27-18-22-15(19-8-10-26-6-2)14-12-21-24(16(14)23-18)9-7-20-17(25)13(3)4/h12-13H,5-11H2,1-4H3,(H,20,25)(H,19,22,23). The minimum atomic E-state index is -0.0279. The van der Waals surface area contributed by atoms with Gasteiger partial charge in [-0.15, -0.1) is 0 Å². The molecule has 0 aliphatic heterocycles. The number of nitrogens with zero attached hydrogens (tertiary/aromatic N) is 4. The lowest BCUT2D eigenvalue weighted by molar-refractivity contribution is -0.124. The van der Waals surface area contributed by atoms with E-state index >= 15 is 0 Å². The molecule has 0 spiro atoms. The van der Waals surface area contributed by atoms with E-state index < -0.39 is 0 Å². The number of ether oxygens (including phenoxy) is 1. The summed E-state index contributed by atoms with van der Waals surface area (Å²) in [6.07, 6.45) is 2.83. The fraction of sp³-hybridized carbons (Fsp3) is 0.667. The summed E-state index contributed by atoms with van der Waals surface area (Å²) in [6.45, 7) is 10.9. The van der Waals surface area contributed by atoms with E-state index in [0.717, 1.165) is 34.2 Å². The molecule has 0 fully saturated rings. The molecule has 0 aliphatic carbocycles. The highest BCUT2D eigenvalue weighted by atomic mass is 32.2. The number of amides is 1. The topological polar surface area (TPSA) is 94.0 Å². The van der Waals surface area contributed by atoms with Gasteiger partial charge in [-0.2, -0.15) is 5.10 Å². The quantitative estimate of drug-likeness (QED) is 0.324. The highest BCUT2D eigenvalue weighted by Gasteiger charge is 2.14. The van der Waals surface area contributed by atoms with Gasteiger partial charge in [-0.05, 0) is 13.3 Å². The van der Waals surface area contributed by atoms with Crippen molar-refractivity contribution in [2.75, 3.05) is 37.4 Å². The van der Waals surface area contributed by atoms with Crippen molar-refractivity contribution in [1.82, 2.24) is 25.1 Å². The molecule has 0 atom stereocenters. The molecule has 8 nitrogen and oxygen atoms in total. The first-order chi connectivity index (χ1) is 13.1. The molecule has 0 aliphatic rings. The van der Waals surface area contributed by atoms with Gasteiger partial charge >= 0.3 is 0 Å². The lowest BCUT2D eigenvalue weighted by Gasteiger charge is -2.10. The molecule has 2 N–H and O–H groups in total. The van der Waals surface area contributed by atoms with Gasteiger partial charge in [-0.25, -0.2) is 14.6 Å². The third-order valence-electron chi connectivity index (χ3n) is 3.80. The van der Waals surface area contributed by atoms with Crippen molar-refractivity contribution in [1.29, 1.82) is 0 Å². The Hall–Kier alpha value is -1.87. The van der Waals surface area contributed by atoms with Crippen LogP contribution in [0.2, 0.25) is 0 Å². The first-order valence-corrected chi connectivity index (χ1v) is 10.5. The van der Waals surface area contributed by atoms with E-state index in [4.69, 9.17) is 4.74 Å². The number of hydrogen-bond acceptors (Lipinski definition) is 7. The summed E-state index contributed by atoms with van der Waals surface area (Å²) in [5, 5.41) is 12.3. The van der Waals surface area contributed by atoms with E-state index in [1.165, 1.54) is 0 Å². The number of fused-ring (bicyclic) bond motifs is 1. The molecule has 0 radical (unpaired) electrons. The molecule has 0 aromatic carbocycles. The highest BCUT2D eigenvalue weighted by molar-refractivity contribution is 7.99. The zero-order valence-corrected chi connectivity index (χ0v) is 17.4. The lowest BCUT2D eigenvalue weighted by Crippen LogP contribution is -2.30. The second-order valence-corrected chi connectivity index (χ2v) is 7.44. The van der Waals surface area contributed by atoms with Gasteiger partial charge in [0.05, 0.1) is 24.7 Å². The Morgan fingerprint density at radius 3 is 2.81 bits per heavy atom. The summed E-state index contributed by atoms with van der Waals surface area (Å²) >= 11 is 1.63. The van der Waals surface area contributed by atoms with Crippen LogP contribution in [0.1, 0.15) is 34.1 Å². The number of carbonyl (C=O) groups is 1. The first kappa shape index (κ1) is 21.4. The molecule has 0 saturated carbocycles. The smallest absolute Gasteiger partial charge is 0.222 e. The van der Waals surface area contributed by atoms with E-state index in [0.29, 0.717) is 32.8 Å². The van der Waals surface area contributed by atoms with Gasteiger partial charge < -0.3 is 15.4 Å². The summed E-state index contributed by atoms with van der Waals surface area (Å²) in [7, 11) is 0. The molecule has 0 bridgehead atoms. The summed E-state index contributed by atoms with van der Waals surface area (Å²) < 4.78 is 7.21. The Balaban J connectivity index is 2.16. The van der Waals surface area contributed by atoms with Crippen LogP contribution in [0.15, 0.2) is 11.4 Å².